The van der Waals surface area contributed by atoms with E-state index in [9.17, 15) is 0 Å². The molecule has 0 aromatic carbocycles. The summed E-state index contributed by atoms with van der Waals surface area (Å²) in [4.78, 5) is 0. The first-order valence-electron chi connectivity index (χ1n) is 6.39. The van der Waals surface area contributed by atoms with Gasteiger partial charge in [-0.15, -0.1) is 6.58 Å². The summed E-state index contributed by atoms with van der Waals surface area (Å²) in [5.74, 6) is 0. The molecule has 86 valence electrons. The van der Waals surface area contributed by atoms with Crippen molar-refractivity contribution in [2.24, 2.45) is 0 Å². The van der Waals surface area contributed by atoms with Crippen LogP contribution in [-0.2, 0) is 0 Å². The molecule has 0 amide bonds. The summed E-state index contributed by atoms with van der Waals surface area (Å²) in [6, 6.07) is 0.617. The van der Waals surface area contributed by atoms with E-state index < -0.39 is 0 Å². The number of rotatable bonds is 7. The third kappa shape index (κ3) is 5.17. The molecule has 1 unspecified atom stereocenters. The first kappa shape index (κ1) is 12.5. The Kier molecular flexibility index (Phi) is 6.42. The zero-order valence-corrected chi connectivity index (χ0v) is 10.1. The Bertz CT molecular complexity index is 205. The van der Waals surface area contributed by atoms with Crippen molar-refractivity contribution >= 4 is 0 Å². The van der Waals surface area contributed by atoms with Crippen molar-refractivity contribution in [2.45, 2.75) is 57.9 Å². The van der Waals surface area contributed by atoms with Gasteiger partial charge in [-0.1, -0.05) is 24.6 Å². The van der Waals surface area contributed by atoms with Crippen LogP contribution in [-0.4, -0.2) is 12.6 Å². The predicted molar refractivity (Wildman–Crippen MR) is 68.1 cm³/mol. The minimum Gasteiger partial charge on any atom is -0.313 e. The van der Waals surface area contributed by atoms with Gasteiger partial charge in [-0.25, -0.2) is 0 Å². The molecule has 0 radical (unpaired) electrons. The van der Waals surface area contributed by atoms with Gasteiger partial charge in [0.15, 0.2) is 0 Å². The van der Waals surface area contributed by atoms with Gasteiger partial charge < -0.3 is 5.32 Å². The van der Waals surface area contributed by atoms with Crippen LogP contribution in [0.5, 0.6) is 0 Å². The molecule has 1 N–H and O–H groups in total. The summed E-state index contributed by atoms with van der Waals surface area (Å²) >= 11 is 0. The largest absolute Gasteiger partial charge is 0.313 e. The molecule has 0 saturated carbocycles. The lowest BCUT2D eigenvalue weighted by atomic mass is 9.93. The standard InChI is InChI=1S/C14H25N/c1-3-8-14(15-11-4-2)12-13-9-6-5-7-10-13/h3,9,14-15H,1,4-8,10-12H2,2H3. The Morgan fingerprint density at radius 3 is 3.00 bits per heavy atom. The van der Waals surface area contributed by atoms with Gasteiger partial charge in [0.05, 0.1) is 0 Å². The number of nitrogens with one attached hydrogen (secondary N) is 1. The third-order valence-corrected chi connectivity index (χ3v) is 3.03. The molecule has 1 aliphatic carbocycles. The van der Waals surface area contributed by atoms with Crippen molar-refractivity contribution < 1.29 is 0 Å². The van der Waals surface area contributed by atoms with Crippen LogP contribution in [0.2, 0.25) is 0 Å². The van der Waals surface area contributed by atoms with Crippen LogP contribution in [0, 0.1) is 0 Å². The van der Waals surface area contributed by atoms with E-state index in [2.05, 4.69) is 24.9 Å². The normalized spacial score (nSPS) is 18.3. The van der Waals surface area contributed by atoms with Crippen LogP contribution in [0.3, 0.4) is 0 Å². The minimum atomic E-state index is 0.617. The van der Waals surface area contributed by atoms with E-state index in [-0.39, 0.29) is 0 Å². The van der Waals surface area contributed by atoms with Gasteiger partial charge in [0.1, 0.15) is 0 Å². The maximum Gasteiger partial charge on any atom is 0.0139 e. The molecule has 1 nitrogen and oxygen atoms in total. The van der Waals surface area contributed by atoms with Crippen LogP contribution in [0.15, 0.2) is 24.3 Å². The average Bonchev–Trinajstić information content (AvgIpc) is 2.28. The van der Waals surface area contributed by atoms with Gasteiger partial charge >= 0.3 is 0 Å². The van der Waals surface area contributed by atoms with Crippen molar-refractivity contribution in [3.05, 3.63) is 24.3 Å². The highest BCUT2D eigenvalue weighted by Crippen LogP contribution is 2.22. The SMILES string of the molecule is C=CCC(CC1=CCCCC1)NCCC. The number of hydrogen-bond donors (Lipinski definition) is 1. The zero-order valence-electron chi connectivity index (χ0n) is 10.1. The Morgan fingerprint density at radius 2 is 2.40 bits per heavy atom. The molecule has 0 aromatic heterocycles. The van der Waals surface area contributed by atoms with E-state index in [1.807, 2.05) is 6.08 Å². The van der Waals surface area contributed by atoms with Gasteiger partial charge in [-0.05, 0) is 51.5 Å². The highest BCUT2D eigenvalue weighted by atomic mass is 14.9. The second-order valence-corrected chi connectivity index (χ2v) is 4.49. The predicted octanol–water partition coefficient (Wildman–Crippen LogP) is 3.82. The summed E-state index contributed by atoms with van der Waals surface area (Å²) in [7, 11) is 0. The summed E-state index contributed by atoms with van der Waals surface area (Å²) in [6.07, 6.45) is 13.4. The smallest absolute Gasteiger partial charge is 0.0139 e. The molecule has 0 aliphatic heterocycles. The van der Waals surface area contributed by atoms with Crippen LogP contribution < -0.4 is 5.32 Å². The molecular weight excluding hydrogens is 182 g/mol. The Balaban J connectivity index is 2.34. The van der Waals surface area contributed by atoms with Crippen molar-refractivity contribution in [2.75, 3.05) is 6.54 Å². The summed E-state index contributed by atoms with van der Waals surface area (Å²) in [5.41, 5.74) is 1.66. The molecule has 0 heterocycles. The zero-order chi connectivity index (χ0) is 10.9. The van der Waals surface area contributed by atoms with Crippen LogP contribution in [0.25, 0.3) is 0 Å². The van der Waals surface area contributed by atoms with E-state index >= 15 is 0 Å². The molecule has 0 spiro atoms. The summed E-state index contributed by atoms with van der Waals surface area (Å²) in [5, 5.41) is 3.61. The average molecular weight is 207 g/mol. The van der Waals surface area contributed by atoms with E-state index in [1.54, 1.807) is 5.57 Å². The molecule has 0 fully saturated rings. The van der Waals surface area contributed by atoms with Gasteiger partial charge in [0, 0.05) is 6.04 Å². The number of hydrogen-bond acceptors (Lipinski definition) is 1. The van der Waals surface area contributed by atoms with Crippen molar-refractivity contribution in [3.8, 4) is 0 Å². The second kappa shape index (κ2) is 7.70. The van der Waals surface area contributed by atoms with Gasteiger partial charge in [-0.2, -0.15) is 0 Å². The van der Waals surface area contributed by atoms with E-state index in [0.29, 0.717) is 6.04 Å². The van der Waals surface area contributed by atoms with Crippen molar-refractivity contribution in [3.63, 3.8) is 0 Å². The molecule has 15 heavy (non-hydrogen) atoms. The lowest BCUT2D eigenvalue weighted by Gasteiger charge is -2.20. The van der Waals surface area contributed by atoms with Gasteiger partial charge in [0.2, 0.25) is 0 Å². The molecular formula is C14H25N. The van der Waals surface area contributed by atoms with Gasteiger partial charge in [-0.3, -0.25) is 0 Å². The molecule has 1 aliphatic rings. The highest BCUT2D eigenvalue weighted by Gasteiger charge is 2.10. The Labute approximate surface area is 94.6 Å². The van der Waals surface area contributed by atoms with Gasteiger partial charge in [0.25, 0.3) is 0 Å². The highest BCUT2D eigenvalue weighted by molar-refractivity contribution is 5.07. The summed E-state index contributed by atoms with van der Waals surface area (Å²) in [6.45, 7) is 7.19. The first-order chi connectivity index (χ1) is 7.36. The maximum absolute atomic E-state index is 3.84. The molecule has 1 heteroatoms. The van der Waals surface area contributed by atoms with Crippen LogP contribution >= 0.6 is 0 Å². The molecule has 0 saturated heterocycles. The molecule has 0 aromatic rings. The molecule has 0 bridgehead atoms. The molecule has 1 rings (SSSR count). The second-order valence-electron chi connectivity index (χ2n) is 4.49. The fourth-order valence-electron chi connectivity index (χ4n) is 2.20. The fourth-order valence-corrected chi connectivity index (χ4v) is 2.20. The lowest BCUT2D eigenvalue weighted by molar-refractivity contribution is 0.497. The topological polar surface area (TPSA) is 12.0 Å². The van der Waals surface area contributed by atoms with Crippen molar-refractivity contribution in [1.29, 1.82) is 0 Å². The Hall–Kier alpha value is -0.560. The monoisotopic (exact) mass is 207 g/mol. The van der Waals surface area contributed by atoms with E-state index in [4.69, 9.17) is 0 Å². The molecule has 1 atom stereocenters. The van der Waals surface area contributed by atoms with Crippen LogP contribution in [0.4, 0.5) is 0 Å². The quantitative estimate of drug-likeness (QED) is 0.626. The van der Waals surface area contributed by atoms with E-state index in [1.165, 1.54) is 38.5 Å². The summed E-state index contributed by atoms with van der Waals surface area (Å²) < 4.78 is 0. The van der Waals surface area contributed by atoms with Crippen molar-refractivity contribution in [1.82, 2.24) is 5.32 Å². The number of allylic oxidation sites excluding steroid dienone is 1. The van der Waals surface area contributed by atoms with E-state index in [0.717, 1.165) is 13.0 Å². The maximum atomic E-state index is 3.84. The van der Waals surface area contributed by atoms with Crippen LogP contribution in [0.1, 0.15) is 51.9 Å². The minimum absolute atomic E-state index is 0.617. The fraction of sp³-hybridized carbons (Fsp3) is 0.714. The first-order valence-corrected chi connectivity index (χ1v) is 6.39. The third-order valence-electron chi connectivity index (χ3n) is 3.03. The Morgan fingerprint density at radius 1 is 1.53 bits per heavy atom. The lowest BCUT2D eigenvalue weighted by Crippen LogP contribution is -2.29.